The van der Waals surface area contributed by atoms with Gasteiger partial charge in [-0.1, -0.05) is 30.3 Å². The van der Waals surface area contributed by atoms with Gasteiger partial charge in [0, 0.05) is 48.7 Å². The number of carbonyl (C=O) groups excluding carboxylic acids is 4. The molecule has 1 aliphatic heterocycles. The summed E-state index contributed by atoms with van der Waals surface area (Å²) in [5, 5.41) is 6.47. The topological polar surface area (TPSA) is 139 Å². The molecule has 2 heterocycles. The number of unbranched alkanes of at least 4 members (excludes halogenated alkanes) is 1. The Labute approximate surface area is 299 Å². The fourth-order valence-corrected chi connectivity index (χ4v) is 7.29. The lowest BCUT2D eigenvalue weighted by molar-refractivity contribution is -0.141. The van der Waals surface area contributed by atoms with Gasteiger partial charge >= 0.3 is 12.1 Å². The average Bonchev–Trinajstić information content (AvgIpc) is 3.75. The molecule has 1 saturated carbocycles. The highest BCUT2D eigenvalue weighted by atomic mass is 19.1. The van der Waals surface area contributed by atoms with Gasteiger partial charge in [-0.3, -0.25) is 9.59 Å². The van der Waals surface area contributed by atoms with Crippen LogP contribution in [0, 0.1) is 11.8 Å². The van der Waals surface area contributed by atoms with Gasteiger partial charge in [0.1, 0.15) is 24.0 Å². The maximum Gasteiger partial charge on any atom is 0.407 e. The molecule has 0 spiro atoms. The second-order valence-electron chi connectivity index (χ2n) is 14.6. The minimum atomic E-state index is -0.726. The van der Waals surface area contributed by atoms with Crippen LogP contribution in [0.3, 0.4) is 0 Å². The Hall–Kier alpha value is -4.45. The maximum atomic E-state index is 14.1. The number of alkyl carbamates (subject to hydrolysis) is 1. The Morgan fingerprint density at radius 1 is 0.961 bits per heavy atom. The van der Waals surface area contributed by atoms with Crippen molar-refractivity contribution >= 4 is 40.5 Å². The summed E-state index contributed by atoms with van der Waals surface area (Å²) in [6, 6.07) is 15.4. The number of aromatic amines is 1. The summed E-state index contributed by atoms with van der Waals surface area (Å²) in [4.78, 5) is 58.0. The van der Waals surface area contributed by atoms with Crippen LogP contribution in [-0.2, 0) is 23.8 Å². The Bertz CT molecular complexity index is 1650. The number of halogens is 1. The minimum absolute atomic E-state index is 0.0737. The van der Waals surface area contributed by atoms with E-state index >= 15 is 0 Å². The molecule has 2 aromatic carbocycles. The number of aromatic nitrogens is 1. The molecule has 5 rings (SSSR count). The predicted octanol–water partition coefficient (Wildman–Crippen LogP) is 6.74. The second-order valence-corrected chi connectivity index (χ2v) is 14.6. The summed E-state index contributed by atoms with van der Waals surface area (Å²) >= 11 is 0. The van der Waals surface area contributed by atoms with Crippen molar-refractivity contribution in [3.63, 3.8) is 0 Å². The van der Waals surface area contributed by atoms with Crippen LogP contribution in [0.15, 0.2) is 54.6 Å². The van der Waals surface area contributed by atoms with Gasteiger partial charge in [0.05, 0.1) is 12.6 Å². The zero-order valence-electron chi connectivity index (χ0n) is 30.0. The molecule has 276 valence electrons. The van der Waals surface area contributed by atoms with Crippen LogP contribution in [-0.4, -0.2) is 85.0 Å². The minimum Gasteiger partial charge on any atom is -0.461 e. The van der Waals surface area contributed by atoms with Crippen LogP contribution in [0.4, 0.5) is 14.9 Å². The fraction of sp³-hybridized carbons (Fsp3) is 0.538. The number of anilines is 1. The number of hydrogen-bond donors (Lipinski definition) is 3. The van der Waals surface area contributed by atoms with Crippen LogP contribution >= 0.6 is 0 Å². The summed E-state index contributed by atoms with van der Waals surface area (Å²) in [5.74, 6) is -1.42. The van der Waals surface area contributed by atoms with E-state index in [1.165, 1.54) is 0 Å². The molecule has 1 aromatic heterocycles. The summed E-state index contributed by atoms with van der Waals surface area (Å²) in [6.07, 6.45) is 3.73. The molecule has 51 heavy (non-hydrogen) atoms. The summed E-state index contributed by atoms with van der Waals surface area (Å²) in [5.41, 5.74) is 1.90. The number of alkyl halides is 1. The lowest BCUT2D eigenvalue weighted by Crippen LogP contribution is -2.49. The van der Waals surface area contributed by atoms with Gasteiger partial charge in [0.15, 0.2) is 0 Å². The summed E-state index contributed by atoms with van der Waals surface area (Å²) in [7, 11) is 1.63. The number of nitrogens with one attached hydrogen (secondary N) is 3. The van der Waals surface area contributed by atoms with Gasteiger partial charge in [0.2, 0.25) is 11.8 Å². The summed E-state index contributed by atoms with van der Waals surface area (Å²) in [6.45, 7) is 5.90. The molecule has 0 bridgehead atoms. The van der Waals surface area contributed by atoms with E-state index in [2.05, 4.69) is 15.6 Å². The summed E-state index contributed by atoms with van der Waals surface area (Å²) < 4.78 is 29.8. The zero-order valence-corrected chi connectivity index (χ0v) is 30.0. The Balaban J connectivity index is 1.25. The van der Waals surface area contributed by atoms with E-state index in [1.54, 1.807) is 57.0 Å². The van der Waals surface area contributed by atoms with Crippen molar-refractivity contribution in [3.8, 4) is 0 Å². The molecule has 1 aliphatic carbocycles. The molecule has 3 atom stereocenters. The van der Waals surface area contributed by atoms with E-state index in [0.29, 0.717) is 69.7 Å². The highest BCUT2D eigenvalue weighted by molar-refractivity contribution is 6.01. The molecule has 0 radical (unpaired) electrons. The third-order valence-electron chi connectivity index (χ3n) is 9.82. The number of methoxy groups -OCH3 is 1. The fourth-order valence-electron chi connectivity index (χ4n) is 7.29. The number of amides is 3. The van der Waals surface area contributed by atoms with Crippen molar-refractivity contribution in [1.82, 2.24) is 15.2 Å². The van der Waals surface area contributed by atoms with E-state index < -0.39 is 36.4 Å². The number of benzene rings is 2. The molecule has 0 unspecified atom stereocenters. The van der Waals surface area contributed by atoms with Crippen molar-refractivity contribution in [1.29, 1.82) is 0 Å². The molecule has 12 heteroatoms. The third-order valence-corrected chi connectivity index (χ3v) is 9.82. The highest BCUT2D eigenvalue weighted by Crippen LogP contribution is 2.39. The smallest absolute Gasteiger partial charge is 0.407 e. The van der Waals surface area contributed by atoms with Gasteiger partial charge < -0.3 is 34.7 Å². The van der Waals surface area contributed by atoms with E-state index in [0.717, 1.165) is 22.9 Å². The number of fused-ring (bicyclic) bond motifs is 1. The van der Waals surface area contributed by atoms with Crippen molar-refractivity contribution in [2.24, 2.45) is 11.8 Å². The van der Waals surface area contributed by atoms with Gasteiger partial charge in [-0.2, -0.15) is 0 Å². The van der Waals surface area contributed by atoms with Gasteiger partial charge in [0.25, 0.3) is 0 Å². The Morgan fingerprint density at radius 2 is 1.69 bits per heavy atom. The zero-order chi connectivity index (χ0) is 36.5. The van der Waals surface area contributed by atoms with Crippen molar-refractivity contribution in [3.05, 3.63) is 65.9 Å². The van der Waals surface area contributed by atoms with Gasteiger partial charge in [-0.25, -0.2) is 14.0 Å². The molecule has 2 aliphatic rings. The van der Waals surface area contributed by atoms with E-state index in [-0.39, 0.29) is 29.6 Å². The first kappa shape index (κ1) is 37.8. The predicted molar refractivity (Wildman–Crippen MR) is 192 cm³/mol. The van der Waals surface area contributed by atoms with E-state index in [9.17, 15) is 23.6 Å². The number of likely N-dealkylation sites (tertiary alicyclic amines) is 1. The lowest BCUT2D eigenvalue weighted by Gasteiger charge is -2.36. The molecular weight excluding hydrogens is 655 g/mol. The number of carbonyl (C=O) groups is 4. The van der Waals surface area contributed by atoms with Crippen molar-refractivity contribution in [2.45, 2.75) is 89.3 Å². The SMILES string of the molecule is COCCCCOC(=O)c1cc2cc(NC(=O)[C@H]3[C@@H](c4ccccc4)CCN3C(=O)C3CCC([C@@H](CF)NC(=O)OC(C)(C)C)CC3)ccc2[nH]1. The van der Waals surface area contributed by atoms with Gasteiger partial charge in [-0.15, -0.1) is 0 Å². The van der Waals surface area contributed by atoms with E-state index in [1.807, 2.05) is 30.3 Å². The number of ether oxygens (including phenoxy) is 3. The molecule has 11 nitrogen and oxygen atoms in total. The first-order valence-electron chi connectivity index (χ1n) is 18.0. The first-order valence-corrected chi connectivity index (χ1v) is 18.0. The largest absolute Gasteiger partial charge is 0.461 e. The average molecular weight is 707 g/mol. The monoisotopic (exact) mass is 706 g/mol. The van der Waals surface area contributed by atoms with Crippen LogP contribution in [0.1, 0.15) is 87.7 Å². The molecule has 3 N–H and O–H groups in total. The molecule has 1 saturated heterocycles. The lowest BCUT2D eigenvalue weighted by atomic mass is 9.78. The van der Waals surface area contributed by atoms with Crippen LogP contribution in [0.5, 0.6) is 0 Å². The van der Waals surface area contributed by atoms with Crippen molar-refractivity contribution < 1.29 is 37.8 Å². The quantitative estimate of drug-likeness (QED) is 0.132. The van der Waals surface area contributed by atoms with Gasteiger partial charge in [-0.05, 0) is 101 Å². The number of esters is 1. The Morgan fingerprint density at radius 3 is 2.37 bits per heavy atom. The second kappa shape index (κ2) is 17.2. The molecule has 3 amide bonds. The number of H-pyrrole nitrogens is 1. The van der Waals surface area contributed by atoms with Crippen molar-refractivity contribution in [2.75, 3.05) is 38.9 Å². The number of rotatable bonds is 13. The Kier molecular flexibility index (Phi) is 12.7. The molecule has 2 fully saturated rings. The standard InChI is InChI=1S/C39H51FN4O7/c1-39(2,3)51-38(48)43-33(24-40)26-12-14-27(15-13-26)36(46)44-19-18-30(25-10-6-5-7-11-25)34(44)35(45)41-29-16-17-31-28(22-29)23-32(42-31)37(47)50-21-9-8-20-49-4/h5-7,10-11,16-17,22-23,26-27,30,33-34,42H,8-9,12-15,18-21,24H2,1-4H3,(H,41,45)(H,43,48)/t26?,27?,30-,33-,34-/m1/s1. The maximum absolute atomic E-state index is 14.1. The normalized spacial score (nSPS) is 21.2. The van der Waals surface area contributed by atoms with Crippen LogP contribution < -0.4 is 10.6 Å². The first-order chi connectivity index (χ1) is 24.5. The van der Waals surface area contributed by atoms with E-state index in [4.69, 9.17) is 14.2 Å². The van der Waals surface area contributed by atoms with Crippen LogP contribution in [0.2, 0.25) is 0 Å². The van der Waals surface area contributed by atoms with Crippen LogP contribution in [0.25, 0.3) is 10.9 Å². The number of hydrogen-bond acceptors (Lipinski definition) is 7. The third kappa shape index (κ3) is 9.87. The molecular formula is C39H51FN4O7. The highest BCUT2D eigenvalue weighted by Gasteiger charge is 2.45. The molecule has 3 aromatic rings. The number of nitrogens with zero attached hydrogens (tertiary/aromatic N) is 1.